The second-order valence-corrected chi connectivity index (χ2v) is 2.12. The summed E-state index contributed by atoms with van der Waals surface area (Å²) < 4.78 is 4.81. The highest BCUT2D eigenvalue weighted by Gasteiger charge is 2.14. The molecule has 0 aliphatic carbocycles. The molecule has 0 spiro atoms. The third-order valence-electron chi connectivity index (χ3n) is 1.40. The van der Waals surface area contributed by atoms with Crippen LogP contribution in [0.3, 0.4) is 0 Å². The fraction of sp³-hybridized carbons (Fsp3) is 0.143. The van der Waals surface area contributed by atoms with Gasteiger partial charge in [-0.2, -0.15) is 0 Å². The molecular weight excluding hydrogens is 160 g/mol. The van der Waals surface area contributed by atoms with E-state index in [4.69, 9.17) is 5.73 Å². The van der Waals surface area contributed by atoms with E-state index in [9.17, 15) is 10.0 Å². The lowest BCUT2D eigenvalue weighted by molar-refractivity contribution is -0.590. The molecule has 1 rings (SSSR count). The zero-order valence-corrected chi connectivity index (χ0v) is 6.48. The van der Waals surface area contributed by atoms with Gasteiger partial charge >= 0.3 is 5.97 Å². The first kappa shape index (κ1) is 8.32. The summed E-state index contributed by atoms with van der Waals surface area (Å²) in [5.41, 5.74) is 5.39. The summed E-state index contributed by atoms with van der Waals surface area (Å²) >= 11 is 0. The van der Waals surface area contributed by atoms with Crippen LogP contribution >= 0.6 is 0 Å². The Bertz CT molecular complexity index is 312. The Morgan fingerprint density at radius 2 is 2.42 bits per heavy atom. The molecule has 0 fully saturated rings. The van der Waals surface area contributed by atoms with Crippen LogP contribution in [0.1, 0.15) is 10.4 Å². The Hall–Kier alpha value is -1.78. The van der Waals surface area contributed by atoms with Crippen molar-refractivity contribution in [3.05, 3.63) is 29.1 Å². The van der Waals surface area contributed by atoms with Crippen LogP contribution < -0.4 is 10.5 Å². The van der Waals surface area contributed by atoms with Crippen molar-refractivity contribution in [2.75, 3.05) is 12.8 Å². The molecule has 0 saturated heterocycles. The van der Waals surface area contributed by atoms with E-state index in [1.54, 1.807) is 0 Å². The third-order valence-corrected chi connectivity index (χ3v) is 1.40. The summed E-state index contributed by atoms with van der Waals surface area (Å²) in [4.78, 5) is 10.9. The molecule has 0 radical (unpaired) electrons. The van der Waals surface area contributed by atoms with Crippen molar-refractivity contribution >= 4 is 11.8 Å². The lowest BCUT2D eigenvalue weighted by Crippen LogP contribution is -2.32. The summed E-state index contributed by atoms with van der Waals surface area (Å²) in [7, 11) is 1.23. The maximum Gasteiger partial charge on any atom is 0.346 e. The fourth-order valence-electron chi connectivity index (χ4n) is 0.784. The summed E-state index contributed by atoms with van der Waals surface area (Å²) in [5, 5.41) is 10.8. The maximum absolute atomic E-state index is 10.9. The number of methoxy groups -OCH3 is 1. The number of esters is 1. The maximum atomic E-state index is 10.9. The van der Waals surface area contributed by atoms with Crippen molar-refractivity contribution in [3.63, 3.8) is 0 Å². The minimum absolute atomic E-state index is 0.0787. The van der Waals surface area contributed by atoms with Gasteiger partial charge < -0.3 is 9.94 Å². The molecule has 5 nitrogen and oxygen atoms in total. The number of ether oxygens (including phenoxy) is 1. The van der Waals surface area contributed by atoms with Gasteiger partial charge in [-0.15, -0.1) is 0 Å². The normalized spacial score (nSPS) is 9.42. The van der Waals surface area contributed by atoms with Gasteiger partial charge in [-0.3, -0.25) is 5.73 Å². The molecule has 64 valence electrons. The average Bonchev–Trinajstić information content (AvgIpc) is 2.08. The molecule has 0 atom stereocenters. The molecule has 0 aromatic carbocycles. The number of hydrogen-bond acceptors (Lipinski definition) is 4. The monoisotopic (exact) mass is 168 g/mol. The van der Waals surface area contributed by atoms with Crippen molar-refractivity contribution in [3.8, 4) is 0 Å². The number of carbonyl (C=O) groups is 1. The Labute approximate surface area is 69.0 Å². The smallest absolute Gasteiger partial charge is 0.346 e. The van der Waals surface area contributed by atoms with E-state index in [-0.39, 0.29) is 11.4 Å². The minimum atomic E-state index is -0.613. The first-order valence-corrected chi connectivity index (χ1v) is 3.22. The van der Waals surface area contributed by atoms with Gasteiger partial charge in [-0.1, -0.05) is 0 Å². The van der Waals surface area contributed by atoms with Gasteiger partial charge in [0.05, 0.1) is 13.3 Å². The van der Waals surface area contributed by atoms with Crippen molar-refractivity contribution in [2.24, 2.45) is 0 Å². The van der Waals surface area contributed by atoms with Crippen LogP contribution in [0.4, 0.5) is 5.82 Å². The Kier molecular flexibility index (Phi) is 2.14. The molecule has 2 N–H and O–H groups in total. The molecule has 0 aliphatic rings. The quantitative estimate of drug-likeness (QED) is 0.354. The van der Waals surface area contributed by atoms with Crippen molar-refractivity contribution in [2.45, 2.75) is 0 Å². The predicted octanol–water partition coefficient (Wildman–Crippen LogP) is -0.311. The molecule has 0 saturated carbocycles. The Balaban J connectivity index is 3.16. The highest BCUT2D eigenvalue weighted by molar-refractivity contribution is 5.93. The highest BCUT2D eigenvalue weighted by Crippen LogP contribution is 2.05. The molecule has 1 aromatic heterocycles. The van der Waals surface area contributed by atoms with Crippen molar-refractivity contribution in [1.29, 1.82) is 0 Å². The summed E-state index contributed by atoms with van der Waals surface area (Å²) in [5.74, 6) is -0.762. The lowest BCUT2D eigenvalue weighted by Gasteiger charge is -2.06. The average molecular weight is 168 g/mol. The van der Waals surface area contributed by atoms with E-state index in [1.807, 2.05) is 0 Å². The SMILES string of the molecule is COC(=O)c1ccc[n+]([O-])c1N. The number of aromatic nitrogens is 1. The van der Waals surface area contributed by atoms with E-state index in [0.29, 0.717) is 4.73 Å². The zero-order chi connectivity index (χ0) is 9.14. The van der Waals surface area contributed by atoms with Crippen LogP contribution in [-0.2, 0) is 4.74 Å². The second kappa shape index (κ2) is 3.08. The van der Waals surface area contributed by atoms with Crippen LogP contribution in [0.2, 0.25) is 0 Å². The van der Waals surface area contributed by atoms with E-state index in [0.717, 1.165) is 0 Å². The lowest BCUT2D eigenvalue weighted by atomic mass is 10.2. The molecular formula is C7H8N2O3. The Morgan fingerprint density at radius 3 is 3.00 bits per heavy atom. The molecule has 5 heteroatoms. The van der Waals surface area contributed by atoms with Gasteiger partial charge in [0.15, 0.2) is 0 Å². The predicted molar refractivity (Wildman–Crippen MR) is 41.2 cm³/mol. The van der Waals surface area contributed by atoms with Crippen LogP contribution in [0.15, 0.2) is 18.3 Å². The number of nitrogen functional groups attached to an aromatic ring is 1. The van der Waals surface area contributed by atoms with E-state index in [1.165, 1.54) is 25.4 Å². The fourth-order valence-corrected chi connectivity index (χ4v) is 0.784. The summed E-state index contributed by atoms with van der Waals surface area (Å²) in [6, 6.07) is 2.85. The molecule has 1 aromatic rings. The van der Waals surface area contributed by atoms with E-state index in [2.05, 4.69) is 4.74 Å². The van der Waals surface area contributed by atoms with Gasteiger partial charge in [-0.25, -0.2) is 9.52 Å². The van der Waals surface area contributed by atoms with Gasteiger partial charge in [0, 0.05) is 0 Å². The number of pyridine rings is 1. The first-order chi connectivity index (χ1) is 5.66. The number of hydrogen-bond donors (Lipinski definition) is 1. The number of nitrogens with two attached hydrogens (primary N) is 1. The highest BCUT2D eigenvalue weighted by atomic mass is 16.5. The van der Waals surface area contributed by atoms with Gasteiger partial charge in [0.25, 0.3) is 5.82 Å². The van der Waals surface area contributed by atoms with E-state index < -0.39 is 5.97 Å². The minimum Gasteiger partial charge on any atom is -0.711 e. The molecule has 12 heavy (non-hydrogen) atoms. The third kappa shape index (κ3) is 1.29. The second-order valence-electron chi connectivity index (χ2n) is 2.12. The number of anilines is 1. The number of rotatable bonds is 1. The molecule has 0 amide bonds. The topological polar surface area (TPSA) is 79.3 Å². The summed E-state index contributed by atoms with van der Waals surface area (Å²) in [6.07, 6.45) is 1.21. The van der Waals surface area contributed by atoms with Crippen LogP contribution in [0, 0.1) is 5.21 Å². The van der Waals surface area contributed by atoms with Crippen LogP contribution in [0.5, 0.6) is 0 Å². The largest absolute Gasteiger partial charge is 0.711 e. The molecule has 0 aliphatic heterocycles. The Morgan fingerprint density at radius 1 is 1.75 bits per heavy atom. The van der Waals surface area contributed by atoms with Crippen molar-refractivity contribution in [1.82, 2.24) is 0 Å². The van der Waals surface area contributed by atoms with Crippen LogP contribution in [0.25, 0.3) is 0 Å². The zero-order valence-electron chi connectivity index (χ0n) is 6.48. The molecule has 0 unspecified atom stereocenters. The van der Waals surface area contributed by atoms with Gasteiger partial charge in [-0.05, 0) is 12.1 Å². The van der Waals surface area contributed by atoms with E-state index >= 15 is 0 Å². The standard InChI is InChI=1S/C7H8N2O3/c1-12-7(10)5-3-2-4-9(11)6(5)8/h2-4H,8H2,1H3. The first-order valence-electron chi connectivity index (χ1n) is 3.22. The molecule has 1 heterocycles. The number of nitrogens with zero attached hydrogens (tertiary/aromatic N) is 1. The van der Waals surface area contributed by atoms with Crippen LogP contribution in [-0.4, -0.2) is 13.1 Å². The van der Waals surface area contributed by atoms with Gasteiger partial charge in [0.1, 0.15) is 5.56 Å². The van der Waals surface area contributed by atoms with Crippen molar-refractivity contribution < 1.29 is 14.3 Å². The number of carbonyl (C=O) groups excluding carboxylic acids is 1. The molecule has 0 bridgehead atoms. The summed E-state index contributed by atoms with van der Waals surface area (Å²) in [6.45, 7) is 0. The van der Waals surface area contributed by atoms with Gasteiger partial charge in [0.2, 0.25) is 0 Å².